The molecular weight excluding hydrogens is 270 g/mol. The Morgan fingerprint density at radius 3 is 2.57 bits per heavy atom. The average Bonchev–Trinajstić information content (AvgIpc) is 2.94. The minimum absolute atomic E-state index is 0.195. The molecule has 0 radical (unpaired) electrons. The maximum Gasteiger partial charge on any atom is 0.335 e. The van der Waals surface area contributed by atoms with Crippen LogP contribution in [0.5, 0.6) is 0 Å². The van der Waals surface area contributed by atoms with Gasteiger partial charge in [0.15, 0.2) is 0 Å². The molecule has 0 saturated heterocycles. The van der Waals surface area contributed by atoms with Gasteiger partial charge in [0, 0.05) is 19.3 Å². The first kappa shape index (κ1) is 14.8. The highest BCUT2D eigenvalue weighted by Gasteiger charge is 2.08. The zero-order valence-corrected chi connectivity index (χ0v) is 11.7. The summed E-state index contributed by atoms with van der Waals surface area (Å²) in [5.41, 5.74) is 1.59. The monoisotopic (exact) mass is 287 g/mol. The molecule has 0 unspecified atom stereocenters. The van der Waals surface area contributed by atoms with Gasteiger partial charge in [-0.3, -0.25) is 9.48 Å². The lowest BCUT2D eigenvalue weighted by molar-refractivity contribution is 0.0696. The molecule has 0 aliphatic carbocycles. The Hall–Kier alpha value is -2.63. The first-order valence-electron chi connectivity index (χ1n) is 6.73. The number of nitrogens with one attached hydrogen (secondary N) is 1. The van der Waals surface area contributed by atoms with Crippen molar-refractivity contribution in [1.29, 1.82) is 0 Å². The van der Waals surface area contributed by atoms with E-state index < -0.39 is 5.97 Å². The molecule has 0 saturated carbocycles. The van der Waals surface area contributed by atoms with Gasteiger partial charge in [-0.1, -0.05) is 19.1 Å². The molecule has 0 aliphatic heterocycles. The zero-order valence-electron chi connectivity index (χ0n) is 11.7. The minimum atomic E-state index is -0.964. The number of carbonyl (C=O) groups excluding carboxylic acids is 1. The number of rotatable bonds is 6. The molecular formula is C15H17N3O3. The predicted molar refractivity (Wildman–Crippen MR) is 77.1 cm³/mol. The van der Waals surface area contributed by atoms with Crippen molar-refractivity contribution in [2.75, 3.05) is 0 Å². The number of aromatic nitrogens is 2. The molecule has 1 heterocycles. The summed E-state index contributed by atoms with van der Waals surface area (Å²) in [7, 11) is 0. The van der Waals surface area contributed by atoms with E-state index in [4.69, 9.17) is 5.11 Å². The van der Waals surface area contributed by atoms with Crippen LogP contribution in [-0.4, -0.2) is 26.8 Å². The minimum Gasteiger partial charge on any atom is -0.478 e. The van der Waals surface area contributed by atoms with E-state index in [0.717, 1.165) is 18.5 Å². The van der Waals surface area contributed by atoms with E-state index in [9.17, 15) is 9.59 Å². The van der Waals surface area contributed by atoms with Crippen LogP contribution in [0.2, 0.25) is 0 Å². The number of hydrogen-bond acceptors (Lipinski definition) is 3. The van der Waals surface area contributed by atoms with Gasteiger partial charge in [0.25, 0.3) is 5.91 Å². The quantitative estimate of drug-likeness (QED) is 0.850. The van der Waals surface area contributed by atoms with Crippen LogP contribution in [0.15, 0.2) is 36.7 Å². The number of carbonyl (C=O) groups is 2. The molecule has 0 atom stereocenters. The summed E-state index contributed by atoms with van der Waals surface area (Å²) in [6.45, 7) is 3.17. The number of nitrogens with zero attached hydrogens (tertiary/aromatic N) is 2. The second-order valence-electron chi connectivity index (χ2n) is 4.68. The Labute approximate surface area is 122 Å². The Morgan fingerprint density at radius 2 is 1.95 bits per heavy atom. The number of benzene rings is 1. The van der Waals surface area contributed by atoms with Crippen LogP contribution in [-0.2, 0) is 13.1 Å². The van der Waals surface area contributed by atoms with Gasteiger partial charge in [-0.15, -0.1) is 0 Å². The summed E-state index contributed by atoms with van der Waals surface area (Å²) in [5, 5.41) is 15.7. The number of carboxylic acid groups (broad SMARTS) is 1. The van der Waals surface area contributed by atoms with Gasteiger partial charge in [0.2, 0.25) is 0 Å². The third-order valence-electron chi connectivity index (χ3n) is 3.00. The number of aryl methyl sites for hydroxylation is 1. The smallest absolute Gasteiger partial charge is 0.335 e. The largest absolute Gasteiger partial charge is 0.478 e. The maximum absolute atomic E-state index is 12.0. The van der Waals surface area contributed by atoms with Crippen molar-refractivity contribution in [3.05, 3.63) is 53.3 Å². The number of aromatic carboxylic acids is 1. The first-order chi connectivity index (χ1) is 10.1. The molecule has 0 fully saturated rings. The number of carboxylic acids is 1. The standard InChI is InChI=1S/C15H17N3O3/c1-2-7-18-10-13(9-17-18)14(19)16-8-11-3-5-12(6-4-11)15(20)21/h3-6,9-10H,2,7-8H2,1H3,(H,16,19)(H,20,21). The second kappa shape index (κ2) is 6.69. The molecule has 0 aliphatic rings. The number of hydrogen-bond donors (Lipinski definition) is 2. The molecule has 6 nitrogen and oxygen atoms in total. The lowest BCUT2D eigenvalue weighted by atomic mass is 10.1. The fourth-order valence-electron chi connectivity index (χ4n) is 1.88. The molecule has 0 bridgehead atoms. The zero-order chi connectivity index (χ0) is 15.2. The summed E-state index contributed by atoms with van der Waals surface area (Å²) < 4.78 is 1.73. The van der Waals surface area contributed by atoms with Crippen LogP contribution in [0.1, 0.15) is 39.6 Å². The molecule has 110 valence electrons. The van der Waals surface area contributed by atoms with Crippen LogP contribution < -0.4 is 5.32 Å². The van der Waals surface area contributed by atoms with Crippen molar-refractivity contribution >= 4 is 11.9 Å². The van der Waals surface area contributed by atoms with E-state index in [1.54, 1.807) is 29.2 Å². The van der Waals surface area contributed by atoms with Crippen molar-refractivity contribution in [3.8, 4) is 0 Å². The van der Waals surface area contributed by atoms with Crippen LogP contribution >= 0.6 is 0 Å². The summed E-state index contributed by atoms with van der Waals surface area (Å²) in [6.07, 6.45) is 4.21. The van der Waals surface area contributed by atoms with Crippen molar-refractivity contribution in [2.45, 2.75) is 26.4 Å². The molecule has 1 aromatic heterocycles. The van der Waals surface area contributed by atoms with Gasteiger partial charge in [0.1, 0.15) is 0 Å². The highest BCUT2D eigenvalue weighted by molar-refractivity contribution is 5.93. The van der Waals surface area contributed by atoms with Crippen LogP contribution in [0.4, 0.5) is 0 Å². The van der Waals surface area contributed by atoms with E-state index in [-0.39, 0.29) is 11.5 Å². The summed E-state index contributed by atoms with van der Waals surface area (Å²) >= 11 is 0. The fourth-order valence-corrected chi connectivity index (χ4v) is 1.88. The third-order valence-corrected chi connectivity index (χ3v) is 3.00. The molecule has 1 amide bonds. The Balaban J connectivity index is 1.92. The van der Waals surface area contributed by atoms with Crippen molar-refractivity contribution in [3.63, 3.8) is 0 Å². The normalized spacial score (nSPS) is 10.3. The van der Waals surface area contributed by atoms with E-state index in [1.807, 2.05) is 6.92 Å². The van der Waals surface area contributed by atoms with Crippen LogP contribution in [0, 0.1) is 0 Å². The predicted octanol–water partition coefficient (Wildman–Crippen LogP) is 1.92. The van der Waals surface area contributed by atoms with E-state index in [0.29, 0.717) is 12.1 Å². The third kappa shape index (κ3) is 3.92. The second-order valence-corrected chi connectivity index (χ2v) is 4.68. The van der Waals surface area contributed by atoms with Gasteiger partial charge in [0.05, 0.1) is 17.3 Å². The SMILES string of the molecule is CCCn1cc(C(=O)NCc2ccc(C(=O)O)cc2)cn1. The topological polar surface area (TPSA) is 84.2 Å². The van der Waals surface area contributed by atoms with Gasteiger partial charge in [-0.25, -0.2) is 4.79 Å². The van der Waals surface area contributed by atoms with Gasteiger partial charge >= 0.3 is 5.97 Å². The molecule has 1 aromatic carbocycles. The lowest BCUT2D eigenvalue weighted by Crippen LogP contribution is -2.22. The molecule has 2 rings (SSSR count). The Bertz CT molecular complexity index is 632. The van der Waals surface area contributed by atoms with Crippen molar-refractivity contribution in [1.82, 2.24) is 15.1 Å². The van der Waals surface area contributed by atoms with E-state index in [1.165, 1.54) is 12.1 Å². The van der Waals surface area contributed by atoms with Gasteiger partial charge in [-0.2, -0.15) is 5.10 Å². The summed E-state index contributed by atoms with van der Waals surface area (Å²) in [4.78, 5) is 22.7. The Kier molecular flexibility index (Phi) is 4.71. The average molecular weight is 287 g/mol. The molecule has 21 heavy (non-hydrogen) atoms. The lowest BCUT2D eigenvalue weighted by Gasteiger charge is -2.04. The highest BCUT2D eigenvalue weighted by atomic mass is 16.4. The Morgan fingerprint density at radius 1 is 1.24 bits per heavy atom. The van der Waals surface area contributed by atoms with Crippen LogP contribution in [0.25, 0.3) is 0 Å². The van der Waals surface area contributed by atoms with Gasteiger partial charge in [-0.05, 0) is 24.1 Å². The molecule has 0 spiro atoms. The fraction of sp³-hybridized carbons (Fsp3) is 0.267. The van der Waals surface area contributed by atoms with Crippen molar-refractivity contribution < 1.29 is 14.7 Å². The van der Waals surface area contributed by atoms with Gasteiger partial charge < -0.3 is 10.4 Å². The summed E-state index contributed by atoms with van der Waals surface area (Å²) in [6, 6.07) is 6.40. The summed E-state index contributed by atoms with van der Waals surface area (Å²) in [5.74, 6) is -1.16. The maximum atomic E-state index is 12.0. The first-order valence-corrected chi connectivity index (χ1v) is 6.73. The molecule has 6 heteroatoms. The van der Waals surface area contributed by atoms with Crippen molar-refractivity contribution in [2.24, 2.45) is 0 Å². The van der Waals surface area contributed by atoms with Crippen LogP contribution in [0.3, 0.4) is 0 Å². The highest BCUT2D eigenvalue weighted by Crippen LogP contribution is 2.05. The van der Waals surface area contributed by atoms with E-state index in [2.05, 4.69) is 10.4 Å². The number of amides is 1. The van der Waals surface area contributed by atoms with E-state index >= 15 is 0 Å². The molecule has 2 aromatic rings. The molecule has 2 N–H and O–H groups in total.